The highest BCUT2D eigenvalue weighted by Crippen LogP contribution is 2.22. The number of hydrogen-bond acceptors (Lipinski definition) is 10. The van der Waals surface area contributed by atoms with Crippen LogP contribution in [0, 0.1) is 17.2 Å². The Labute approximate surface area is 272 Å². The zero-order chi connectivity index (χ0) is 38.4. The number of ether oxygens (including phenoxy) is 1. The summed E-state index contributed by atoms with van der Waals surface area (Å²) in [4.78, 5) is 67.0. The molecule has 0 aliphatic carbocycles. The number of ketones is 1. The number of furan rings is 1. The summed E-state index contributed by atoms with van der Waals surface area (Å²) < 4.78 is 74.3. The lowest BCUT2D eigenvalue weighted by molar-refractivity contribution is -0.193. The highest BCUT2D eigenvalue weighted by Gasteiger charge is 2.39. The molecule has 0 radical (unpaired) electrons. The van der Waals surface area contributed by atoms with Crippen LogP contribution in [-0.2, 0) is 30.5 Å². The highest BCUT2D eigenvalue weighted by molar-refractivity contribution is 5.95. The Bertz CT molecular complexity index is 1460. The van der Waals surface area contributed by atoms with Crippen molar-refractivity contribution in [1.29, 1.82) is 5.41 Å². The predicted octanol–water partition coefficient (Wildman–Crippen LogP) is 3.64. The summed E-state index contributed by atoms with van der Waals surface area (Å²) in [6.45, 7) is 3.74. The third-order valence-corrected chi connectivity index (χ3v) is 5.78. The monoisotopic (exact) mass is 715 g/mol. The van der Waals surface area contributed by atoms with Crippen molar-refractivity contribution in [3.63, 3.8) is 0 Å². The molecule has 2 aromatic rings. The van der Waals surface area contributed by atoms with Gasteiger partial charge in [0.1, 0.15) is 17.3 Å². The van der Waals surface area contributed by atoms with Gasteiger partial charge in [-0.3, -0.25) is 24.7 Å². The first kappa shape index (κ1) is 43.5. The number of halogens is 6. The summed E-state index contributed by atoms with van der Waals surface area (Å²) >= 11 is 0. The molecule has 0 spiro atoms. The first-order valence-corrected chi connectivity index (χ1v) is 13.3. The number of carbonyl (C=O) groups is 6. The first-order chi connectivity index (χ1) is 22.3. The second kappa shape index (κ2) is 18.8. The van der Waals surface area contributed by atoms with Crippen molar-refractivity contribution < 1.29 is 84.7 Å². The minimum atomic E-state index is -5.08. The van der Waals surface area contributed by atoms with Gasteiger partial charge in [0.2, 0.25) is 5.76 Å². The van der Waals surface area contributed by atoms with Crippen molar-refractivity contribution in [1.82, 2.24) is 4.90 Å². The van der Waals surface area contributed by atoms with Gasteiger partial charge in [0.25, 0.3) is 0 Å². The van der Waals surface area contributed by atoms with Gasteiger partial charge in [-0.05, 0) is 49.4 Å². The molecule has 7 N–H and O–H groups in total. The van der Waals surface area contributed by atoms with Crippen molar-refractivity contribution in [2.45, 2.75) is 51.6 Å². The molecular weight excluding hydrogens is 684 g/mol. The summed E-state index contributed by atoms with van der Waals surface area (Å²) in [5, 5.41) is 39.8. The van der Waals surface area contributed by atoms with Crippen LogP contribution in [0.15, 0.2) is 40.8 Å². The molecule has 1 aromatic carbocycles. The van der Waals surface area contributed by atoms with E-state index >= 15 is 0 Å². The Morgan fingerprint density at radius 1 is 0.857 bits per heavy atom. The van der Waals surface area contributed by atoms with Crippen molar-refractivity contribution >= 4 is 41.5 Å². The van der Waals surface area contributed by atoms with E-state index in [9.17, 15) is 50.6 Å². The fourth-order valence-corrected chi connectivity index (χ4v) is 3.72. The summed E-state index contributed by atoms with van der Waals surface area (Å²) in [5.74, 6) is -10.3. The quantitative estimate of drug-likeness (QED) is 0.0569. The number of Topliss-reactive ketones (excluding diaryl/α,β-unsaturated/α-hetero) is 1. The molecule has 0 amide bonds. The van der Waals surface area contributed by atoms with Crippen molar-refractivity contribution in [2.24, 2.45) is 17.6 Å². The summed E-state index contributed by atoms with van der Waals surface area (Å²) in [6.07, 6.45) is -11.2. The number of likely N-dealkylation sites (N-methyl/N-ethyl adjacent to an activating group) is 1. The summed E-state index contributed by atoms with van der Waals surface area (Å²) in [7, 11) is 1.66. The Morgan fingerprint density at radius 3 is 1.69 bits per heavy atom. The number of nitrogen functional groups attached to an aromatic ring is 1. The standard InChI is InChI=1S/C24H29N3O8.2C2HF3O2/c1-13(2)21(18(28)10-15(23(31)32)11-20(29)30)27(3)12-17-8-9-19(34-17)24(33)35-16-6-4-14(5-7-16)22(25)26;2*3-2(4,5)1(6)7/h4-9,13,15,21H,10-12H2,1-3H3,(H3,25,26)(H,29,30)(H,31,32);2*(H,6,7)/t15-,21-;;/m0../s1. The maximum Gasteiger partial charge on any atom is 0.490 e. The molecule has 1 aromatic heterocycles. The molecule has 21 heteroatoms. The fraction of sp³-hybridized carbons (Fsp3) is 0.393. The number of aliphatic carboxylic acids is 4. The fourth-order valence-electron chi connectivity index (χ4n) is 3.72. The van der Waals surface area contributed by atoms with Crippen molar-refractivity contribution in [2.75, 3.05) is 7.05 Å². The Morgan fingerprint density at radius 2 is 1.33 bits per heavy atom. The molecule has 15 nitrogen and oxygen atoms in total. The van der Waals surface area contributed by atoms with E-state index in [-0.39, 0.29) is 29.8 Å². The number of carboxylic acids is 4. The van der Waals surface area contributed by atoms with Gasteiger partial charge >= 0.3 is 42.2 Å². The van der Waals surface area contributed by atoms with Gasteiger partial charge in [-0.1, -0.05) is 13.8 Å². The Hall–Kier alpha value is -5.47. The summed E-state index contributed by atoms with van der Waals surface area (Å²) in [5.41, 5.74) is 5.88. The van der Waals surface area contributed by atoms with E-state index in [4.69, 9.17) is 45.2 Å². The lowest BCUT2D eigenvalue weighted by Crippen LogP contribution is -2.43. The molecule has 49 heavy (non-hydrogen) atoms. The van der Waals surface area contributed by atoms with Gasteiger partial charge in [0, 0.05) is 12.0 Å². The van der Waals surface area contributed by atoms with E-state index in [1.54, 1.807) is 44.0 Å². The number of hydrogen-bond donors (Lipinski definition) is 6. The second-order valence-corrected chi connectivity index (χ2v) is 10.1. The second-order valence-electron chi connectivity index (χ2n) is 10.1. The molecule has 0 aliphatic heterocycles. The van der Waals surface area contributed by atoms with Gasteiger partial charge in [0.05, 0.1) is 24.9 Å². The smallest absolute Gasteiger partial charge is 0.481 e. The molecule has 0 unspecified atom stereocenters. The minimum absolute atomic E-state index is 0.0520. The molecular formula is C28H31F6N3O12. The molecule has 272 valence electrons. The number of amidine groups is 1. The van der Waals surface area contributed by atoms with Gasteiger partial charge in [-0.25, -0.2) is 14.4 Å². The average molecular weight is 716 g/mol. The van der Waals surface area contributed by atoms with E-state index in [2.05, 4.69) is 0 Å². The largest absolute Gasteiger partial charge is 0.490 e. The maximum absolute atomic E-state index is 12.9. The van der Waals surface area contributed by atoms with E-state index < -0.39 is 72.8 Å². The van der Waals surface area contributed by atoms with E-state index in [1.165, 1.54) is 18.2 Å². The molecule has 1 heterocycles. The van der Waals surface area contributed by atoms with Crippen LogP contribution in [0.5, 0.6) is 5.75 Å². The highest BCUT2D eigenvalue weighted by atomic mass is 19.4. The number of nitrogens with zero attached hydrogens (tertiary/aromatic N) is 1. The van der Waals surface area contributed by atoms with Gasteiger partial charge < -0.3 is 35.3 Å². The predicted molar refractivity (Wildman–Crippen MR) is 152 cm³/mol. The molecule has 0 saturated heterocycles. The van der Waals surface area contributed by atoms with Gasteiger partial charge in [-0.15, -0.1) is 0 Å². The molecule has 2 rings (SSSR count). The van der Waals surface area contributed by atoms with E-state index in [1.807, 2.05) is 0 Å². The molecule has 2 atom stereocenters. The third kappa shape index (κ3) is 16.3. The lowest BCUT2D eigenvalue weighted by Gasteiger charge is -2.30. The molecule has 0 bridgehead atoms. The average Bonchev–Trinajstić information content (AvgIpc) is 3.40. The summed E-state index contributed by atoms with van der Waals surface area (Å²) in [6, 6.07) is 8.41. The van der Waals surface area contributed by atoms with Crippen LogP contribution >= 0.6 is 0 Å². The Balaban J connectivity index is 0.00000137. The number of nitrogens with one attached hydrogen (secondary N) is 1. The molecule has 0 saturated carbocycles. The molecule has 0 fully saturated rings. The van der Waals surface area contributed by atoms with Crippen LogP contribution in [0.4, 0.5) is 26.3 Å². The maximum atomic E-state index is 12.9. The Kier molecular flexibility index (Phi) is 16.7. The van der Waals surface area contributed by atoms with Crippen LogP contribution in [0.2, 0.25) is 0 Å². The van der Waals surface area contributed by atoms with E-state index in [0.717, 1.165) is 0 Å². The molecule has 0 aliphatic rings. The van der Waals surface area contributed by atoms with E-state index in [0.29, 0.717) is 11.3 Å². The minimum Gasteiger partial charge on any atom is -0.481 e. The van der Waals surface area contributed by atoms with Crippen LogP contribution in [0.3, 0.4) is 0 Å². The number of carbonyl (C=O) groups excluding carboxylic acids is 2. The van der Waals surface area contributed by atoms with Crippen LogP contribution in [0.25, 0.3) is 0 Å². The van der Waals surface area contributed by atoms with Crippen LogP contribution in [-0.4, -0.2) is 92.2 Å². The number of alkyl halides is 6. The van der Waals surface area contributed by atoms with Crippen molar-refractivity contribution in [3.8, 4) is 5.75 Å². The number of benzene rings is 1. The zero-order valence-electron chi connectivity index (χ0n) is 25.7. The first-order valence-electron chi connectivity index (χ1n) is 13.3. The number of rotatable bonds is 13. The number of carboxylic acid groups (broad SMARTS) is 4. The third-order valence-electron chi connectivity index (χ3n) is 5.78. The normalized spacial score (nSPS) is 12.4. The zero-order valence-corrected chi connectivity index (χ0v) is 25.7. The van der Waals surface area contributed by atoms with Gasteiger partial charge in [0.15, 0.2) is 5.78 Å². The van der Waals surface area contributed by atoms with Gasteiger partial charge in [-0.2, -0.15) is 26.3 Å². The topological polar surface area (TPSA) is 259 Å². The van der Waals surface area contributed by atoms with Crippen LogP contribution in [0.1, 0.15) is 48.6 Å². The number of esters is 1. The van der Waals surface area contributed by atoms with Crippen LogP contribution < -0.4 is 10.5 Å². The lowest BCUT2D eigenvalue weighted by atomic mass is 9.90. The number of nitrogens with two attached hydrogens (primary N) is 1. The SMILES string of the molecule is CC(C)[C@@H](C(=O)C[C@@H](CC(=O)O)C(=O)O)N(C)Cc1ccc(C(=O)Oc2ccc(C(=N)N)cc2)o1.O=C(O)C(F)(F)F.O=C(O)C(F)(F)F. The van der Waals surface area contributed by atoms with Crippen molar-refractivity contribution in [3.05, 3.63) is 53.5 Å².